The third kappa shape index (κ3) is 2.59. The molecule has 6 nitrogen and oxygen atoms in total. The van der Waals surface area contributed by atoms with Crippen LogP contribution in [0.25, 0.3) is 0 Å². The molecule has 6 heteroatoms. The minimum absolute atomic E-state index is 0.168. The highest BCUT2D eigenvalue weighted by Crippen LogP contribution is 2.12. The molecular formula is C14H16N2O4. The maximum absolute atomic E-state index is 12.5. The number of esters is 1. The van der Waals surface area contributed by atoms with Gasteiger partial charge in [-0.05, 0) is 38.1 Å². The molecule has 0 atom stereocenters. The van der Waals surface area contributed by atoms with E-state index in [4.69, 9.17) is 4.42 Å². The number of ether oxygens (including phenoxy) is 1. The summed E-state index contributed by atoms with van der Waals surface area (Å²) in [5, 5.41) is 1.30. The van der Waals surface area contributed by atoms with Crippen LogP contribution >= 0.6 is 0 Å². The average molecular weight is 276 g/mol. The lowest BCUT2D eigenvalue weighted by Crippen LogP contribution is -2.45. The summed E-state index contributed by atoms with van der Waals surface area (Å²) in [6.45, 7) is 3.52. The lowest BCUT2D eigenvalue weighted by atomic mass is 10.4. The van der Waals surface area contributed by atoms with Gasteiger partial charge in [-0.3, -0.25) is 14.3 Å². The number of hydrogen-bond acceptors (Lipinski definition) is 4. The van der Waals surface area contributed by atoms with E-state index in [-0.39, 0.29) is 12.3 Å². The van der Waals surface area contributed by atoms with E-state index < -0.39 is 11.9 Å². The van der Waals surface area contributed by atoms with Crippen molar-refractivity contribution < 1.29 is 18.7 Å². The number of amides is 1. The minimum atomic E-state index is -0.502. The molecule has 0 aliphatic rings. The number of rotatable bonds is 4. The molecule has 2 aromatic heterocycles. The summed E-state index contributed by atoms with van der Waals surface area (Å²) in [7, 11) is 1.28. The molecule has 0 radical (unpaired) electrons. The molecule has 1 amide bonds. The minimum Gasteiger partial charge on any atom is -0.468 e. The van der Waals surface area contributed by atoms with Gasteiger partial charge in [-0.1, -0.05) is 0 Å². The lowest BCUT2D eigenvalue weighted by Gasteiger charge is -2.25. The molecule has 0 saturated heterocycles. The molecule has 0 aliphatic heterocycles. The van der Waals surface area contributed by atoms with Gasteiger partial charge in [-0.2, -0.15) is 0 Å². The predicted molar refractivity (Wildman–Crippen MR) is 72.0 cm³/mol. The van der Waals surface area contributed by atoms with Crippen LogP contribution in [0.4, 0.5) is 0 Å². The maximum Gasteiger partial charge on any atom is 0.327 e. The Labute approximate surface area is 116 Å². The first-order valence-electron chi connectivity index (χ1n) is 6.12. The molecule has 0 saturated carbocycles. The summed E-state index contributed by atoms with van der Waals surface area (Å²) < 4.78 is 11.4. The number of nitrogens with zero attached hydrogens (tertiary/aromatic N) is 2. The van der Waals surface area contributed by atoms with Gasteiger partial charge in [0.1, 0.15) is 6.54 Å². The molecule has 0 unspecified atom stereocenters. The van der Waals surface area contributed by atoms with Crippen LogP contribution in [0.15, 0.2) is 34.9 Å². The molecule has 0 aliphatic carbocycles. The number of aromatic nitrogens is 1. The number of methoxy groups -OCH3 is 1. The molecule has 2 aromatic rings. The van der Waals surface area contributed by atoms with Crippen molar-refractivity contribution in [1.29, 1.82) is 0 Å². The Morgan fingerprint density at radius 3 is 2.40 bits per heavy atom. The van der Waals surface area contributed by atoms with E-state index in [2.05, 4.69) is 4.74 Å². The van der Waals surface area contributed by atoms with Gasteiger partial charge in [0, 0.05) is 11.4 Å². The smallest absolute Gasteiger partial charge is 0.327 e. The first-order chi connectivity index (χ1) is 9.54. The van der Waals surface area contributed by atoms with Crippen molar-refractivity contribution in [2.45, 2.75) is 13.8 Å². The van der Waals surface area contributed by atoms with Crippen LogP contribution in [0.2, 0.25) is 0 Å². The van der Waals surface area contributed by atoms with Crippen molar-refractivity contribution in [3.63, 3.8) is 0 Å². The van der Waals surface area contributed by atoms with Crippen LogP contribution in [-0.4, -0.2) is 30.2 Å². The van der Waals surface area contributed by atoms with Crippen molar-refractivity contribution >= 4 is 11.9 Å². The number of hydrogen-bond donors (Lipinski definition) is 0. The van der Waals surface area contributed by atoms with Crippen LogP contribution in [-0.2, 0) is 9.53 Å². The molecule has 0 bridgehead atoms. The molecule has 2 heterocycles. The topological polar surface area (TPSA) is 64.7 Å². The van der Waals surface area contributed by atoms with Gasteiger partial charge in [0.25, 0.3) is 0 Å². The summed E-state index contributed by atoms with van der Waals surface area (Å²) in [6.07, 6.45) is 1.42. The fourth-order valence-corrected chi connectivity index (χ4v) is 1.99. The second-order valence-corrected chi connectivity index (χ2v) is 4.34. The maximum atomic E-state index is 12.5. The summed E-state index contributed by atoms with van der Waals surface area (Å²) in [4.78, 5) is 24.0. The van der Waals surface area contributed by atoms with Crippen LogP contribution in [0.5, 0.6) is 0 Å². The highest BCUT2D eigenvalue weighted by Gasteiger charge is 2.24. The van der Waals surface area contributed by atoms with E-state index in [1.807, 2.05) is 26.0 Å². The van der Waals surface area contributed by atoms with Gasteiger partial charge in [0.2, 0.25) is 0 Å². The van der Waals surface area contributed by atoms with Gasteiger partial charge >= 0.3 is 11.9 Å². The summed E-state index contributed by atoms with van der Waals surface area (Å²) >= 11 is 0. The normalized spacial score (nSPS) is 10.3. The van der Waals surface area contributed by atoms with Crippen LogP contribution in [0, 0.1) is 13.8 Å². The number of carbonyl (C=O) groups is 2. The molecule has 106 valence electrons. The van der Waals surface area contributed by atoms with Gasteiger partial charge in [0.15, 0.2) is 5.76 Å². The molecule has 2 rings (SSSR count). The van der Waals surface area contributed by atoms with Crippen molar-refractivity contribution in [1.82, 2.24) is 4.68 Å². The Morgan fingerprint density at radius 1 is 1.25 bits per heavy atom. The monoisotopic (exact) mass is 276 g/mol. The largest absolute Gasteiger partial charge is 0.468 e. The van der Waals surface area contributed by atoms with Crippen LogP contribution in [0.3, 0.4) is 0 Å². The highest BCUT2D eigenvalue weighted by atomic mass is 16.5. The Kier molecular flexibility index (Phi) is 3.93. The summed E-state index contributed by atoms with van der Waals surface area (Å²) in [5.41, 5.74) is 1.68. The second kappa shape index (κ2) is 5.64. The summed E-state index contributed by atoms with van der Waals surface area (Å²) in [5.74, 6) is -0.735. The van der Waals surface area contributed by atoms with Gasteiger partial charge in [0.05, 0.1) is 13.4 Å². The van der Waals surface area contributed by atoms with Crippen molar-refractivity contribution in [2.24, 2.45) is 0 Å². The number of aryl methyl sites for hydroxylation is 2. The zero-order chi connectivity index (χ0) is 14.7. The molecule has 20 heavy (non-hydrogen) atoms. The van der Waals surface area contributed by atoms with E-state index in [1.54, 1.807) is 16.8 Å². The van der Waals surface area contributed by atoms with E-state index in [0.29, 0.717) is 0 Å². The van der Waals surface area contributed by atoms with Crippen molar-refractivity contribution in [3.8, 4) is 0 Å². The van der Waals surface area contributed by atoms with E-state index >= 15 is 0 Å². The highest BCUT2D eigenvalue weighted by molar-refractivity contribution is 6.01. The Hall–Kier alpha value is -2.50. The van der Waals surface area contributed by atoms with E-state index in [9.17, 15) is 9.59 Å². The third-order valence-electron chi connectivity index (χ3n) is 2.95. The SMILES string of the molecule is COC(=O)CN(C(=O)c1ccco1)n1c(C)ccc1C. The number of furan rings is 1. The fraction of sp³-hybridized carbons (Fsp3) is 0.286. The van der Waals surface area contributed by atoms with Crippen molar-refractivity contribution in [3.05, 3.63) is 47.7 Å². The van der Waals surface area contributed by atoms with Crippen molar-refractivity contribution in [2.75, 3.05) is 18.7 Å². The molecule has 0 fully saturated rings. The quantitative estimate of drug-likeness (QED) is 0.796. The lowest BCUT2D eigenvalue weighted by molar-refractivity contribution is -0.139. The first-order valence-corrected chi connectivity index (χ1v) is 6.12. The van der Waals surface area contributed by atoms with Gasteiger partial charge < -0.3 is 9.15 Å². The molecular weight excluding hydrogens is 260 g/mol. The van der Waals surface area contributed by atoms with E-state index in [1.165, 1.54) is 18.4 Å². The fourth-order valence-electron chi connectivity index (χ4n) is 1.99. The second-order valence-electron chi connectivity index (χ2n) is 4.34. The van der Waals surface area contributed by atoms with Crippen LogP contribution < -0.4 is 5.01 Å². The first kappa shape index (κ1) is 13.9. The average Bonchev–Trinajstić information content (AvgIpc) is 3.06. The van der Waals surface area contributed by atoms with E-state index in [0.717, 1.165) is 11.4 Å². The Balaban J connectivity index is 2.40. The Morgan fingerprint density at radius 2 is 1.90 bits per heavy atom. The zero-order valence-electron chi connectivity index (χ0n) is 11.6. The molecule has 0 spiro atoms. The van der Waals surface area contributed by atoms with Crippen LogP contribution in [0.1, 0.15) is 21.9 Å². The van der Waals surface area contributed by atoms with Gasteiger partial charge in [-0.15, -0.1) is 0 Å². The Bertz CT molecular complexity index is 594. The number of carbonyl (C=O) groups excluding carboxylic acids is 2. The molecule has 0 N–H and O–H groups in total. The standard InChI is InChI=1S/C14H16N2O4/c1-10-6-7-11(2)16(10)15(9-13(17)19-3)14(18)12-5-4-8-20-12/h4-8H,9H2,1-3H3. The molecule has 0 aromatic carbocycles. The summed E-state index contributed by atoms with van der Waals surface area (Å²) in [6, 6.07) is 6.92. The zero-order valence-corrected chi connectivity index (χ0v) is 11.6. The predicted octanol–water partition coefficient (Wildman–Crippen LogP) is 1.65. The third-order valence-corrected chi connectivity index (χ3v) is 2.95. The van der Waals surface area contributed by atoms with Gasteiger partial charge in [-0.25, -0.2) is 5.01 Å².